The highest BCUT2D eigenvalue weighted by atomic mass is 16.5. The smallest absolute Gasteiger partial charge is 0.287 e. The Hall–Kier alpha value is -3.12. The maximum absolute atomic E-state index is 12.9. The molecule has 0 saturated heterocycles. The fourth-order valence-electron chi connectivity index (χ4n) is 3.36. The van der Waals surface area contributed by atoms with Crippen LogP contribution >= 0.6 is 0 Å². The van der Waals surface area contributed by atoms with Gasteiger partial charge in [-0.1, -0.05) is 30.3 Å². The largest absolute Gasteiger partial charge is 0.451 e. The second-order valence-electron chi connectivity index (χ2n) is 7.42. The van der Waals surface area contributed by atoms with Gasteiger partial charge in [0.15, 0.2) is 5.76 Å². The molecule has 1 fully saturated rings. The van der Waals surface area contributed by atoms with E-state index in [9.17, 15) is 9.59 Å². The van der Waals surface area contributed by atoms with Gasteiger partial charge < -0.3 is 19.8 Å². The van der Waals surface area contributed by atoms with Gasteiger partial charge in [0.1, 0.15) is 5.58 Å². The van der Waals surface area contributed by atoms with Crippen LogP contribution in [0.4, 0.5) is 5.69 Å². The number of ether oxygens (including phenoxy) is 1. The van der Waals surface area contributed by atoms with Gasteiger partial charge in [0.05, 0.1) is 12.6 Å². The lowest BCUT2D eigenvalue weighted by Gasteiger charge is -2.15. The average molecular weight is 392 g/mol. The number of amides is 2. The summed E-state index contributed by atoms with van der Waals surface area (Å²) in [7, 11) is 1.59. The van der Waals surface area contributed by atoms with Crippen LogP contribution in [-0.4, -0.2) is 18.9 Å². The zero-order chi connectivity index (χ0) is 20.4. The molecule has 0 bridgehead atoms. The number of methoxy groups -OCH3 is 1. The Balaban J connectivity index is 1.47. The van der Waals surface area contributed by atoms with Gasteiger partial charge in [0.25, 0.3) is 5.91 Å². The molecule has 0 aliphatic heterocycles. The van der Waals surface area contributed by atoms with E-state index in [0.717, 1.165) is 35.0 Å². The lowest BCUT2D eigenvalue weighted by Crippen LogP contribution is -2.27. The Bertz CT molecular complexity index is 1030. The fraction of sp³-hybridized carbons (Fsp3) is 0.304. The number of furan rings is 1. The maximum atomic E-state index is 12.9. The molecule has 0 spiro atoms. The third kappa shape index (κ3) is 4.17. The second-order valence-corrected chi connectivity index (χ2v) is 7.42. The van der Waals surface area contributed by atoms with E-state index in [4.69, 9.17) is 9.15 Å². The molecule has 29 heavy (non-hydrogen) atoms. The van der Waals surface area contributed by atoms with Crippen molar-refractivity contribution in [2.75, 3.05) is 12.4 Å². The molecule has 1 aliphatic rings. The summed E-state index contributed by atoms with van der Waals surface area (Å²) in [6.45, 7) is 2.21. The van der Waals surface area contributed by atoms with Crippen molar-refractivity contribution < 1.29 is 18.7 Å². The Morgan fingerprint density at radius 2 is 1.86 bits per heavy atom. The summed E-state index contributed by atoms with van der Waals surface area (Å²) < 4.78 is 11.1. The van der Waals surface area contributed by atoms with Crippen molar-refractivity contribution in [2.45, 2.75) is 32.4 Å². The molecular formula is C23H24N2O4. The first-order chi connectivity index (χ1) is 14.1. The van der Waals surface area contributed by atoms with E-state index < -0.39 is 0 Å². The Morgan fingerprint density at radius 3 is 2.55 bits per heavy atom. The summed E-state index contributed by atoms with van der Waals surface area (Å²) in [6.07, 6.45) is 1.94. The highest BCUT2D eigenvalue weighted by Crippen LogP contribution is 2.30. The predicted molar refractivity (Wildman–Crippen MR) is 111 cm³/mol. The molecule has 1 aliphatic carbocycles. The standard InChI is InChI=1S/C23H24N2O4/c1-14(15-9-11-17(12-10-15)25-22(26)16-7-8-16)24-23(27)21-19(13-28-2)18-5-3-4-6-20(18)29-21/h3-6,9-12,14,16H,7-8,13H2,1-2H3,(H,24,27)(H,25,26). The summed E-state index contributed by atoms with van der Waals surface area (Å²) in [5.74, 6) is 0.229. The second kappa shape index (κ2) is 8.09. The highest BCUT2D eigenvalue weighted by Gasteiger charge is 2.29. The van der Waals surface area contributed by atoms with Crippen molar-refractivity contribution in [3.8, 4) is 0 Å². The van der Waals surface area contributed by atoms with E-state index in [1.54, 1.807) is 7.11 Å². The lowest BCUT2D eigenvalue weighted by molar-refractivity contribution is -0.117. The average Bonchev–Trinajstić information content (AvgIpc) is 3.51. The van der Waals surface area contributed by atoms with Gasteiger partial charge in [-0.05, 0) is 43.5 Å². The van der Waals surface area contributed by atoms with Crippen LogP contribution in [0.2, 0.25) is 0 Å². The van der Waals surface area contributed by atoms with Crippen LogP contribution in [0.25, 0.3) is 11.0 Å². The van der Waals surface area contributed by atoms with Gasteiger partial charge in [0.2, 0.25) is 5.91 Å². The molecule has 2 aromatic carbocycles. The Kier molecular flexibility index (Phi) is 5.36. The lowest BCUT2D eigenvalue weighted by atomic mass is 10.1. The molecule has 2 N–H and O–H groups in total. The molecule has 6 nitrogen and oxygen atoms in total. The van der Waals surface area contributed by atoms with Crippen molar-refractivity contribution in [3.63, 3.8) is 0 Å². The van der Waals surface area contributed by atoms with E-state index >= 15 is 0 Å². The van der Waals surface area contributed by atoms with Crippen molar-refractivity contribution in [2.24, 2.45) is 5.92 Å². The number of para-hydroxylation sites is 1. The Labute approximate surface area is 169 Å². The maximum Gasteiger partial charge on any atom is 0.287 e. The number of nitrogens with one attached hydrogen (secondary N) is 2. The number of hydrogen-bond donors (Lipinski definition) is 2. The minimum Gasteiger partial charge on any atom is -0.451 e. The topological polar surface area (TPSA) is 80.6 Å². The van der Waals surface area contributed by atoms with Crippen LogP contribution in [0.15, 0.2) is 52.9 Å². The summed E-state index contributed by atoms with van der Waals surface area (Å²) in [5.41, 5.74) is 3.11. The SMILES string of the molecule is COCc1c(C(=O)NC(C)c2ccc(NC(=O)C3CC3)cc2)oc2ccccc12. The first kappa shape index (κ1) is 19.2. The number of carbonyl (C=O) groups is 2. The molecule has 4 rings (SSSR count). The molecule has 150 valence electrons. The molecule has 2 amide bonds. The van der Waals surface area contributed by atoms with Crippen molar-refractivity contribution >= 4 is 28.5 Å². The van der Waals surface area contributed by atoms with Crippen LogP contribution in [0.1, 0.15) is 47.5 Å². The zero-order valence-electron chi connectivity index (χ0n) is 16.5. The third-order valence-corrected chi connectivity index (χ3v) is 5.17. The first-order valence-corrected chi connectivity index (χ1v) is 9.78. The molecule has 1 unspecified atom stereocenters. The van der Waals surface area contributed by atoms with Crippen molar-refractivity contribution in [1.29, 1.82) is 0 Å². The molecule has 3 aromatic rings. The molecule has 1 aromatic heterocycles. The van der Waals surface area contributed by atoms with Crippen LogP contribution in [0.5, 0.6) is 0 Å². The third-order valence-electron chi connectivity index (χ3n) is 5.17. The normalized spacial score (nSPS) is 14.6. The van der Waals surface area contributed by atoms with Gasteiger partial charge >= 0.3 is 0 Å². The van der Waals surface area contributed by atoms with Crippen LogP contribution in [0.3, 0.4) is 0 Å². The number of hydrogen-bond acceptors (Lipinski definition) is 4. The molecule has 1 atom stereocenters. The number of benzene rings is 2. The van der Waals surface area contributed by atoms with Crippen LogP contribution in [0, 0.1) is 5.92 Å². The van der Waals surface area contributed by atoms with Crippen molar-refractivity contribution in [3.05, 3.63) is 65.4 Å². The Morgan fingerprint density at radius 1 is 1.14 bits per heavy atom. The van der Waals surface area contributed by atoms with Gasteiger partial charge in [0, 0.05) is 29.7 Å². The van der Waals surface area contributed by atoms with Crippen LogP contribution < -0.4 is 10.6 Å². The van der Waals surface area contributed by atoms with E-state index in [2.05, 4.69) is 10.6 Å². The van der Waals surface area contributed by atoms with E-state index in [1.165, 1.54) is 0 Å². The predicted octanol–water partition coefficient (Wildman–Crippen LogP) is 4.42. The molecule has 6 heteroatoms. The van der Waals surface area contributed by atoms with Crippen molar-refractivity contribution in [1.82, 2.24) is 5.32 Å². The summed E-state index contributed by atoms with van der Waals surface area (Å²) in [4.78, 5) is 24.7. The van der Waals surface area contributed by atoms with Gasteiger partial charge in [-0.25, -0.2) is 0 Å². The monoisotopic (exact) mass is 392 g/mol. The highest BCUT2D eigenvalue weighted by molar-refractivity contribution is 5.99. The number of carbonyl (C=O) groups excluding carboxylic acids is 2. The zero-order valence-corrected chi connectivity index (χ0v) is 16.5. The fourth-order valence-corrected chi connectivity index (χ4v) is 3.36. The first-order valence-electron chi connectivity index (χ1n) is 9.78. The van der Waals surface area contributed by atoms with E-state index in [-0.39, 0.29) is 29.5 Å². The van der Waals surface area contributed by atoms with Gasteiger partial charge in [-0.3, -0.25) is 9.59 Å². The number of fused-ring (bicyclic) bond motifs is 1. The summed E-state index contributed by atoms with van der Waals surface area (Å²) in [6, 6.07) is 14.8. The molecular weight excluding hydrogens is 368 g/mol. The number of rotatable bonds is 7. The van der Waals surface area contributed by atoms with Gasteiger partial charge in [-0.15, -0.1) is 0 Å². The van der Waals surface area contributed by atoms with E-state index in [0.29, 0.717) is 12.2 Å². The molecule has 1 heterocycles. The quantitative estimate of drug-likeness (QED) is 0.624. The van der Waals surface area contributed by atoms with Gasteiger partial charge in [-0.2, -0.15) is 0 Å². The van der Waals surface area contributed by atoms with E-state index in [1.807, 2.05) is 55.5 Å². The molecule has 0 radical (unpaired) electrons. The minimum absolute atomic E-state index is 0.0784. The van der Waals surface area contributed by atoms with Crippen LogP contribution in [-0.2, 0) is 16.1 Å². The molecule has 1 saturated carbocycles. The summed E-state index contributed by atoms with van der Waals surface area (Å²) >= 11 is 0. The minimum atomic E-state index is -0.285. The number of anilines is 1. The summed E-state index contributed by atoms with van der Waals surface area (Å²) in [5, 5.41) is 6.78.